The van der Waals surface area contributed by atoms with Gasteiger partial charge in [-0.15, -0.1) is 0 Å². The summed E-state index contributed by atoms with van der Waals surface area (Å²) in [6.07, 6.45) is 2.05. The second-order valence-electron chi connectivity index (χ2n) is 5.56. The van der Waals surface area contributed by atoms with Crippen molar-refractivity contribution in [2.75, 3.05) is 0 Å². The van der Waals surface area contributed by atoms with Crippen LogP contribution in [0.3, 0.4) is 0 Å². The summed E-state index contributed by atoms with van der Waals surface area (Å²) in [6.45, 7) is 3.79. The molecule has 1 aliphatic rings. The highest BCUT2D eigenvalue weighted by Gasteiger charge is 2.30. The van der Waals surface area contributed by atoms with Gasteiger partial charge in [-0.1, -0.05) is 24.2 Å². The van der Waals surface area contributed by atoms with Gasteiger partial charge in [0.15, 0.2) is 21.5 Å². The van der Waals surface area contributed by atoms with Gasteiger partial charge in [0.2, 0.25) is 11.8 Å². The average molecular weight is 312 g/mol. The van der Waals surface area contributed by atoms with Gasteiger partial charge in [-0.3, -0.25) is 0 Å². The van der Waals surface area contributed by atoms with Gasteiger partial charge in [0, 0.05) is 11.8 Å². The van der Waals surface area contributed by atoms with Crippen LogP contribution in [0.5, 0.6) is 0 Å². The molecule has 0 radical (unpaired) electrons. The Morgan fingerprint density at radius 3 is 2.29 bits per heavy atom. The third-order valence-electron chi connectivity index (χ3n) is 3.09. The number of hydrogen-bond acceptors (Lipinski definition) is 8. The van der Waals surface area contributed by atoms with E-state index in [0.29, 0.717) is 17.7 Å². The highest BCUT2D eigenvalue weighted by molar-refractivity contribution is 7.89. The van der Waals surface area contributed by atoms with Crippen molar-refractivity contribution in [2.24, 2.45) is 0 Å². The molecule has 0 saturated heterocycles. The largest absolute Gasteiger partial charge is 0.339 e. The summed E-state index contributed by atoms with van der Waals surface area (Å²) in [5, 5.41) is 7.39. The van der Waals surface area contributed by atoms with Crippen molar-refractivity contribution in [3.05, 3.63) is 23.4 Å². The maximum Gasteiger partial charge on any atom is 0.229 e. The molecule has 2 aromatic heterocycles. The molecule has 0 bridgehead atoms. The summed E-state index contributed by atoms with van der Waals surface area (Å²) >= 11 is 0. The molecule has 21 heavy (non-hydrogen) atoms. The molecule has 0 amide bonds. The normalized spacial score (nSPS) is 15.8. The Kier molecular flexibility index (Phi) is 3.52. The van der Waals surface area contributed by atoms with E-state index in [1.54, 1.807) is 0 Å². The smallest absolute Gasteiger partial charge is 0.229 e. The summed E-state index contributed by atoms with van der Waals surface area (Å²) in [4.78, 5) is 8.17. The van der Waals surface area contributed by atoms with E-state index >= 15 is 0 Å². The standard InChI is InChI=1S/C12H16N4O4S/c1-7(2)11-13-9(15-19-11)5-21(17,18)6-10-14-12(20-16-10)8-3-4-8/h7-8H,3-6H2,1-2H3. The van der Waals surface area contributed by atoms with Crippen molar-refractivity contribution >= 4 is 9.84 Å². The fourth-order valence-corrected chi connectivity index (χ4v) is 2.95. The maximum atomic E-state index is 12.1. The van der Waals surface area contributed by atoms with Crippen molar-refractivity contribution < 1.29 is 17.5 Å². The second kappa shape index (κ2) is 5.21. The predicted molar refractivity (Wildman–Crippen MR) is 71.0 cm³/mol. The lowest BCUT2D eigenvalue weighted by molar-refractivity contribution is 0.361. The zero-order valence-corrected chi connectivity index (χ0v) is 12.6. The van der Waals surface area contributed by atoms with Gasteiger partial charge in [-0.25, -0.2) is 8.42 Å². The van der Waals surface area contributed by atoms with Crippen molar-refractivity contribution in [3.63, 3.8) is 0 Å². The third kappa shape index (κ3) is 3.46. The lowest BCUT2D eigenvalue weighted by atomic mass is 10.2. The van der Waals surface area contributed by atoms with Crippen LogP contribution >= 0.6 is 0 Å². The van der Waals surface area contributed by atoms with E-state index in [0.717, 1.165) is 12.8 Å². The Hall–Kier alpha value is -1.77. The number of rotatable bonds is 6. The topological polar surface area (TPSA) is 112 Å². The molecule has 2 heterocycles. The zero-order chi connectivity index (χ0) is 15.0. The summed E-state index contributed by atoms with van der Waals surface area (Å²) in [7, 11) is -3.46. The van der Waals surface area contributed by atoms with Crippen LogP contribution in [-0.2, 0) is 21.3 Å². The minimum atomic E-state index is -3.46. The van der Waals surface area contributed by atoms with Gasteiger partial charge in [0.25, 0.3) is 0 Å². The molecule has 0 unspecified atom stereocenters. The molecule has 1 saturated carbocycles. The molecule has 2 aromatic rings. The molecule has 0 aromatic carbocycles. The van der Waals surface area contributed by atoms with Crippen LogP contribution in [0, 0.1) is 0 Å². The first kappa shape index (κ1) is 14.2. The molecule has 8 nitrogen and oxygen atoms in total. The lowest BCUT2D eigenvalue weighted by Crippen LogP contribution is -2.10. The number of sulfone groups is 1. The van der Waals surface area contributed by atoms with Crippen LogP contribution in [0.2, 0.25) is 0 Å². The molecule has 0 atom stereocenters. The van der Waals surface area contributed by atoms with E-state index < -0.39 is 9.84 Å². The average Bonchev–Trinajstić information content (AvgIpc) is 2.97. The van der Waals surface area contributed by atoms with Crippen molar-refractivity contribution in [1.82, 2.24) is 20.3 Å². The van der Waals surface area contributed by atoms with Crippen LogP contribution in [-0.4, -0.2) is 28.7 Å². The predicted octanol–water partition coefficient (Wildman–Crippen LogP) is 1.57. The van der Waals surface area contributed by atoms with Gasteiger partial charge in [-0.2, -0.15) is 9.97 Å². The van der Waals surface area contributed by atoms with Gasteiger partial charge in [0.05, 0.1) is 0 Å². The Balaban J connectivity index is 1.67. The molecular weight excluding hydrogens is 296 g/mol. The van der Waals surface area contributed by atoms with Crippen molar-refractivity contribution in [2.45, 2.75) is 50.0 Å². The summed E-state index contributed by atoms with van der Waals surface area (Å²) in [5.41, 5.74) is 0. The SMILES string of the molecule is CC(C)c1nc(CS(=O)(=O)Cc2noc(C3CC3)n2)no1. The third-order valence-corrected chi connectivity index (χ3v) is 4.48. The molecule has 9 heteroatoms. The van der Waals surface area contributed by atoms with Crippen molar-refractivity contribution in [1.29, 1.82) is 0 Å². The quantitative estimate of drug-likeness (QED) is 0.790. The number of aromatic nitrogens is 4. The molecule has 1 fully saturated rings. The van der Waals surface area contributed by atoms with E-state index in [9.17, 15) is 8.42 Å². The fourth-order valence-electron chi connectivity index (χ4n) is 1.83. The monoisotopic (exact) mass is 312 g/mol. The molecule has 1 aliphatic carbocycles. The molecule has 0 aliphatic heterocycles. The summed E-state index contributed by atoms with van der Waals surface area (Å²) in [5.74, 6) is 1.09. The van der Waals surface area contributed by atoms with Crippen molar-refractivity contribution in [3.8, 4) is 0 Å². The van der Waals surface area contributed by atoms with E-state index in [-0.39, 0.29) is 29.1 Å². The van der Waals surface area contributed by atoms with Gasteiger partial charge >= 0.3 is 0 Å². The lowest BCUT2D eigenvalue weighted by Gasteiger charge is -1.96. The van der Waals surface area contributed by atoms with Gasteiger partial charge in [-0.05, 0) is 12.8 Å². The van der Waals surface area contributed by atoms with Crippen LogP contribution in [0.15, 0.2) is 9.05 Å². The molecule has 0 spiro atoms. The van der Waals surface area contributed by atoms with E-state index in [1.165, 1.54) is 0 Å². The van der Waals surface area contributed by atoms with E-state index in [1.807, 2.05) is 13.8 Å². The van der Waals surface area contributed by atoms with Crippen LogP contribution in [0.1, 0.15) is 62.0 Å². The van der Waals surface area contributed by atoms with Crippen LogP contribution in [0.4, 0.5) is 0 Å². The second-order valence-corrected chi connectivity index (χ2v) is 7.62. The highest BCUT2D eigenvalue weighted by atomic mass is 32.2. The van der Waals surface area contributed by atoms with Gasteiger partial charge < -0.3 is 9.05 Å². The van der Waals surface area contributed by atoms with E-state index in [4.69, 9.17) is 9.05 Å². The Morgan fingerprint density at radius 2 is 1.71 bits per heavy atom. The first-order valence-corrected chi connectivity index (χ1v) is 8.60. The fraction of sp³-hybridized carbons (Fsp3) is 0.667. The Morgan fingerprint density at radius 1 is 1.10 bits per heavy atom. The molecule has 0 N–H and O–H groups in total. The zero-order valence-electron chi connectivity index (χ0n) is 11.8. The molecule has 114 valence electrons. The number of nitrogens with zero attached hydrogens (tertiary/aromatic N) is 4. The van der Waals surface area contributed by atoms with Crippen LogP contribution in [0.25, 0.3) is 0 Å². The van der Waals surface area contributed by atoms with Gasteiger partial charge in [0.1, 0.15) is 11.5 Å². The highest BCUT2D eigenvalue weighted by Crippen LogP contribution is 2.38. The minimum absolute atomic E-state index is 0.0623. The number of hydrogen-bond donors (Lipinski definition) is 0. The first-order chi connectivity index (χ1) is 9.93. The summed E-state index contributed by atoms with van der Waals surface area (Å²) < 4.78 is 34.2. The van der Waals surface area contributed by atoms with E-state index in [2.05, 4.69) is 20.3 Å². The molecular formula is C12H16N4O4S. The minimum Gasteiger partial charge on any atom is -0.339 e. The maximum absolute atomic E-state index is 12.1. The Labute approximate surface area is 121 Å². The molecule has 3 rings (SSSR count). The Bertz CT molecular complexity index is 682. The summed E-state index contributed by atoms with van der Waals surface area (Å²) in [6, 6.07) is 0. The first-order valence-electron chi connectivity index (χ1n) is 6.78. The van der Waals surface area contributed by atoms with Crippen LogP contribution < -0.4 is 0 Å².